The molecule has 0 saturated heterocycles. The van der Waals surface area contributed by atoms with Crippen molar-refractivity contribution in [2.24, 2.45) is 0 Å². The summed E-state index contributed by atoms with van der Waals surface area (Å²) in [7, 11) is 1.51. The Morgan fingerprint density at radius 3 is 2.70 bits per heavy atom. The van der Waals surface area contributed by atoms with Crippen molar-refractivity contribution in [3.63, 3.8) is 0 Å². The number of hydrogen-bond donors (Lipinski definition) is 1. The van der Waals surface area contributed by atoms with Crippen molar-refractivity contribution < 1.29 is 19.1 Å². The van der Waals surface area contributed by atoms with Crippen molar-refractivity contribution in [2.75, 3.05) is 13.6 Å². The maximum Gasteiger partial charge on any atom is 0.289 e. The lowest BCUT2D eigenvalue weighted by molar-refractivity contribution is -0.126. The van der Waals surface area contributed by atoms with Crippen LogP contribution < -0.4 is 0 Å². The number of nitrogens with zero attached hydrogens (tertiary/aromatic N) is 2. The van der Waals surface area contributed by atoms with Gasteiger partial charge in [0.1, 0.15) is 5.82 Å². The number of aromatic nitrogens is 1. The number of likely N-dealkylation sites (N-methyl/N-ethyl adjacent to an activating group) is 1. The molecule has 2 heterocycles. The Bertz CT molecular complexity index is 811. The van der Waals surface area contributed by atoms with Crippen molar-refractivity contribution in [3.05, 3.63) is 63.1 Å². The van der Waals surface area contributed by atoms with Gasteiger partial charge < -0.3 is 10.0 Å². The number of thiazole rings is 1. The van der Waals surface area contributed by atoms with E-state index in [1.165, 1.54) is 35.4 Å². The Kier molecular flexibility index (Phi) is 3.96. The predicted octanol–water partition coefficient (Wildman–Crippen LogP) is 2.34. The van der Waals surface area contributed by atoms with E-state index >= 15 is 0 Å². The highest BCUT2D eigenvalue weighted by Gasteiger charge is 2.33. The normalized spacial score (nSPS) is 14.7. The van der Waals surface area contributed by atoms with Crippen LogP contribution in [0, 0.1) is 5.82 Å². The molecule has 1 aromatic heterocycles. The number of amides is 1. The first-order valence-electron chi connectivity index (χ1n) is 6.87. The van der Waals surface area contributed by atoms with Crippen molar-refractivity contribution in [1.82, 2.24) is 9.88 Å². The molecule has 0 atom stereocenters. The average molecular weight is 332 g/mol. The van der Waals surface area contributed by atoms with Crippen LogP contribution in [0.5, 0.6) is 0 Å². The second-order valence-electron chi connectivity index (χ2n) is 5.25. The molecule has 23 heavy (non-hydrogen) atoms. The monoisotopic (exact) mass is 332 g/mol. The van der Waals surface area contributed by atoms with E-state index in [0.717, 1.165) is 10.4 Å². The zero-order valence-electron chi connectivity index (χ0n) is 12.2. The van der Waals surface area contributed by atoms with Crippen LogP contribution in [0.15, 0.2) is 41.8 Å². The van der Waals surface area contributed by atoms with E-state index in [-0.39, 0.29) is 22.9 Å². The molecule has 1 aliphatic rings. The molecule has 0 spiro atoms. The van der Waals surface area contributed by atoms with Gasteiger partial charge in [-0.3, -0.25) is 9.59 Å². The van der Waals surface area contributed by atoms with Gasteiger partial charge in [0.05, 0.1) is 12.1 Å². The summed E-state index contributed by atoms with van der Waals surface area (Å²) in [5.74, 6) is -1.80. The predicted molar refractivity (Wildman–Crippen MR) is 82.9 cm³/mol. The molecule has 0 radical (unpaired) electrons. The number of aliphatic hydroxyl groups is 1. The van der Waals surface area contributed by atoms with E-state index in [0.29, 0.717) is 6.42 Å². The van der Waals surface area contributed by atoms with Crippen LogP contribution >= 0.6 is 11.3 Å². The number of hydrogen-bond acceptors (Lipinski definition) is 5. The van der Waals surface area contributed by atoms with E-state index in [1.807, 2.05) is 0 Å². The number of benzene rings is 1. The molecule has 0 aliphatic carbocycles. The number of aliphatic hydroxyl groups excluding tert-OH is 1. The second kappa shape index (κ2) is 5.92. The molecule has 0 saturated carbocycles. The minimum atomic E-state index is -0.559. The summed E-state index contributed by atoms with van der Waals surface area (Å²) in [6.07, 6.45) is 2.12. The minimum absolute atomic E-state index is 0.0696. The van der Waals surface area contributed by atoms with Gasteiger partial charge in [-0.15, -0.1) is 11.3 Å². The first-order valence-corrected chi connectivity index (χ1v) is 7.69. The molecular weight excluding hydrogens is 319 g/mol. The molecule has 2 aromatic rings. The Balaban J connectivity index is 1.78. The van der Waals surface area contributed by atoms with Gasteiger partial charge in [0.25, 0.3) is 5.91 Å². The molecule has 0 fully saturated rings. The van der Waals surface area contributed by atoms with E-state index in [9.17, 15) is 19.1 Å². The smallest absolute Gasteiger partial charge is 0.289 e. The third-order valence-electron chi connectivity index (χ3n) is 3.54. The topological polar surface area (TPSA) is 70.5 Å². The van der Waals surface area contributed by atoms with Crippen LogP contribution in [0.25, 0.3) is 0 Å². The highest BCUT2D eigenvalue weighted by molar-refractivity contribution is 7.13. The summed E-state index contributed by atoms with van der Waals surface area (Å²) in [6, 6.07) is 6.11. The summed E-state index contributed by atoms with van der Waals surface area (Å²) in [4.78, 5) is 30.1. The van der Waals surface area contributed by atoms with Gasteiger partial charge in [-0.25, -0.2) is 9.37 Å². The molecule has 3 rings (SSSR count). The van der Waals surface area contributed by atoms with E-state index < -0.39 is 17.4 Å². The number of ketones is 1. The lowest BCUT2D eigenvalue weighted by atomic mass is 10.1. The molecule has 1 amide bonds. The molecule has 1 aliphatic heterocycles. The summed E-state index contributed by atoms with van der Waals surface area (Å²) in [6.45, 7) is 0.0797. The largest absolute Gasteiger partial charge is 0.503 e. The van der Waals surface area contributed by atoms with Crippen molar-refractivity contribution in [2.45, 2.75) is 6.42 Å². The van der Waals surface area contributed by atoms with Crippen LogP contribution in [0.4, 0.5) is 4.39 Å². The Labute approximate surface area is 135 Å². The number of carbonyl (C=O) groups excluding carboxylic acids is 2. The number of Topliss-reactive ketones (excluding diaryl/α,β-unsaturated/α-hetero) is 1. The summed E-state index contributed by atoms with van der Waals surface area (Å²) in [5.41, 5.74) is 0.979. The second-order valence-corrected chi connectivity index (χ2v) is 6.37. The van der Waals surface area contributed by atoms with Crippen molar-refractivity contribution in [3.8, 4) is 0 Å². The van der Waals surface area contributed by atoms with Crippen molar-refractivity contribution in [1.29, 1.82) is 0 Å². The van der Waals surface area contributed by atoms with Crippen LogP contribution in [-0.4, -0.2) is 40.3 Å². The lowest BCUT2D eigenvalue weighted by Crippen LogP contribution is -2.22. The molecule has 1 N–H and O–H groups in total. The highest BCUT2D eigenvalue weighted by Crippen LogP contribution is 2.24. The van der Waals surface area contributed by atoms with Crippen molar-refractivity contribution >= 4 is 23.0 Å². The molecule has 0 unspecified atom stereocenters. The number of halogens is 1. The fourth-order valence-electron chi connectivity index (χ4n) is 2.30. The molecule has 1 aromatic carbocycles. The molecule has 118 valence electrons. The maximum absolute atomic E-state index is 12.9. The lowest BCUT2D eigenvalue weighted by Gasteiger charge is -2.05. The van der Waals surface area contributed by atoms with E-state index in [1.54, 1.807) is 18.3 Å². The fraction of sp³-hybridized carbons (Fsp3) is 0.188. The van der Waals surface area contributed by atoms with Gasteiger partial charge in [0.15, 0.2) is 10.8 Å². The Morgan fingerprint density at radius 1 is 1.39 bits per heavy atom. The Hall–Kier alpha value is -2.54. The van der Waals surface area contributed by atoms with Gasteiger partial charge in [0.2, 0.25) is 5.78 Å². The van der Waals surface area contributed by atoms with E-state index in [4.69, 9.17) is 0 Å². The standard InChI is InChI=1S/C16H13FN2O3S/c1-19-8-12(14(21)16(19)22)13(20)15-18-7-11(23-15)6-9-2-4-10(17)5-3-9/h2-5,7,21H,6,8H2,1H3. The maximum atomic E-state index is 12.9. The third-order valence-corrected chi connectivity index (χ3v) is 4.54. The average Bonchev–Trinajstić information content (AvgIpc) is 3.10. The first-order chi connectivity index (χ1) is 11.0. The summed E-state index contributed by atoms with van der Waals surface area (Å²) in [5, 5.41) is 9.97. The molecule has 5 nitrogen and oxygen atoms in total. The molecule has 0 bridgehead atoms. The molecular formula is C16H13FN2O3S. The van der Waals surface area contributed by atoms with Gasteiger partial charge in [0, 0.05) is 24.5 Å². The zero-order chi connectivity index (χ0) is 16.6. The van der Waals surface area contributed by atoms with Gasteiger partial charge in [-0.2, -0.15) is 0 Å². The summed E-state index contributed by atoms with van der Waals surface area (Å²) < 4.78 is 12.9. The molecule has 7 heteroatoms. The van der Waals surface area contributed by atoms with E-state index in [2.05, 4.69) is 4.98 Å². The highest BCUT2D eigenvalue weighted by atomic mass is 32.1. The van der Waals surface area contributed by atoms with Crippen LogP contribution in [0.3, 0.4) is 0 Å². The number of rotatable bonds is 4. The zero-order valence-corrected chi connectivity index (χ0v) is 13.1. The van der Waals surface area contributed by atoms with Crippen LogP contribution in [0.1, 0.15) is 20.2 Å². The van der Waals surface area contributed by atoms with Gasteiger partial charge in [-0.05, 0) is 17.7 Å². The summed E-state index contributed by atoms with van der Waals surface area (Å²) >= 11 is 1.20. The van der Waals surface area contributed by atoms with Crippen LogP contribution in [-0.2, 0) is 11.2 Å². The Morgan fingerprint density at radius 2 is 2.09 bits per heavy atom. The number of carbonyl (C=O) groups is 2. The van der Waals surface area contributed by atoms with Crippen LogP contribution in [0.2, 0.25) is 0 Å². The third kappa shape index (κ3) is 3.00. The van der Waals surface area contributed by atoms with Gasteiger partial charge in [-0.1, -0.05) is 12.1 Å². The SMILES string of the molecule is CN1CC(C(=O)c2ncc(Cc3ccc(F)cc3)s2)=C(O)C1=O. The minimum Gasteiger partial charge on any atom is -0.503 e. The first kappa shape index (κ1) is 15.4. The quantitative estimate of drug-likeness (QED) is 0.873. The fourth-order valence-corrected chi connectivity index (χ4v) is 3.21. The van der Waals surface area contributed by atoms with Gasteiger partial charge >= 0.3 is 0 Å².